The maximum Gasteiger partial charge on any atom is 0.472 e. The van der Waals surface area contributed by atoms with Gasteiger partial charge in [0.05, 0.1) is 13.2 Å². The van der Waals surface area contributed by atoms with Gasteiger partial charge in [-0.25, -0.2) is 4.57 Å². The first kappa shape index (κ1) is 93.6. The largest absolute Gasteiger partial charge is 0.472 e. The van der Waals surface area contributed by atoms with Crippen LogP contribution >= 0.6 is 7.82 Å². The zero-order valence-corrected chi connectivity index (χ0v) is 63.8. The molecule has 0 aromatic rings. The first-order valence-corrected chi connectivity index (χ1v) is 41.1. The Morgan fingerprint density at radius 2 is 0.525 bits per heavy atom. The monoisotopic (exact) mass is 1390 g/mol. The van der Waals surface area contributed by atoms with Gasteiger partial charge in [0, 0.05) is 19.4 Å². The fraction of sp³-hybridized carbons (Fsp3) is 0.596. The highest BCUT2D eigenvalue weighted by Crippen LogP contribution is 2.43. The Balaban J connectivity index is 3.95. The zero-order chi connectivity index (χ0) is 71.5. The van der Waals surface area contributed by atoms with Gasteiger partial charge in [0.25, 0.3) is 0 Å². The molecule has 10 heteroatoms. The molecule has 0 fully saturated rings. The van der Waals surface area contributed by atoms with Crippen molar-refractivity contribution in [2.75, 3.05) is 26.4 Å². The minimum atomic E-state index is -4.42. The molecule has 0 rings (SSSR count). The summed E-state index contributed by atoms with van der Waals surface area (Å²) in [5, 5.41) is 0. The Hall–Kier alpha value is -5.41. The summed E-state index contributed by atoms with van der Waals surface area (Å²) in [4.78, 5) is 35.4. The Labute approximate surface area is 608 Å². The smallest absolute Gasteiger partial charge is 0.462 e. The van der Waals surface area contributed by atoms with E-state index in [1.54, 1.807) is 0 Å². The second-order valence-electron chi connectivity index (χ2n) is 25.5. The molecule has 3 N–H and O–H groups in total. The molecule has 0 radical (unpaired) electrons. The van der Waals surface area contributed by atoms with Crippen molar-refractivity contribution in [3.05, 3.63) is 207 Å². The summed E-state index contributed by atoms with van der Waals surface area (Å²) in [5.74, 6) is -0.883. The second-order valence-corrected chi connectivity index (χ2v) is 26.9. The summed E-state index contributed by atoms with van der Waals surface area (Å²) < 4.78 is 33.2. The van der Waals surface area contributed by atoms with Crippen LogP contribution < -0.4 is 5.73 Å². The molecule has 0 aromatic carbocycles. The van der Waals surface area contributed by atoms with Crippen molar-refractivity contribution >= 4 is 19.8 Å². The average molecular weight is 1390 g/mol. The van der Waals surface area contributed by atoms with Crippen LogP contribution in [0.15, 0.2) is 207 Å². The molecule has 2 unspecified atom stereocenters. The van der Waals surface area contributed by atoms with E-state index in [1.807, 2.05) is 0 Å². The Morgan fingerprint density at radius 3 is 0.798 bits per heavy atom. The highest BCUT2D eigenvalue weighted by molar-refractivity contribution is 7.47. The van der Waals surface area contributed by atoms with Gasteiger partial charge in [-0.1, -0.05) is 355 Å². The molecule has 558 valence electrons. The maximum atomic E-state index is 12.8. The van der Waals surface area contributed by atoms with Crippen molar-refractivity contribution in [3.8, 4) is 0 Å². The number of phosphoric acid groups is 1. The van der Waals surface area contributed by atoms with Crippen molar-refractivity contribution in [2.24, 2.45) is 5.73 Å². The second kappa shape index (κ2) is 81.6. The van der Waals surface area contributed by atoms with Crippen molar-refractivity contribution in [1.82, 2.24) is 0 Å². The summed E-state index contributed by atoms with van der Waals surface area (Å²) in [7, 11) is -4.42. The van der Waals surface area contributed by atoms with Crippen molar-refractivity contribution in [1.29, 1.82) is 0 Å². The maximum absolute atomic E-state index is 12.8. The van der Waals surface area contributed by atoms with Gasteiger partial charge in [0.1, 0.15) is 6.61 Å². The summed E-state index contributed by atoms with van der Waals surface area (Å²) in [6.45, 7) is 3.47. The van der Waals surface area contributed by atoms with Gasteiger partial charge in [0.2, 0.25) is 0 Å². The molecule has 0 bridgehead atoms. The highest BCUT2D eigenvalue weighted by Gasteiger charge is 2.26. The number of carbonyl (C=O) groups excluding carboxylic acids is 2. The molecule has 9 nitrogen and oxygen atoms in total. The molecular weight excluding hydrogens is 1240 g/mol. The van der Waals surface area contributed by atoms with Crippen LogP contribution in [0.5, 0.6) is 0 Å². The molecule has 0 aromatic heterocycles. The third kappa shape index (κ3) is 81.4. The topological polar surface area (TPSA) is 134 Å². The minimum absolute atomic E-state index is 0.0374. The normalized spacial score (nSPS) is 14.0. The van der Waals surface area contributed by atoms with Crippen LogP contribution in [0.3, 0.4) is 0 Å². The standard InChI is InChI=1S/C89H144NO8P/c1-3-5-7-9-11-13-15-17-19-21-23-25-27-29-31-33-35-37-39-41-43-45-47-49-51-53-55-57-59-61-63-65-67-69-71-73-75-77-79-81-88(91)95-85-87(86-97-99(93,94)96-84-83-90)98-89(92)82-80-78-76-74-72-70-68-66-64-62-60-58-56-54-52-50-48-46-44-42-40-38-36-34-32-30-28-26-24-22-20-18-16-14-12-10-8-6-4-2/h5-8,11-14,17-20,23-26,29-32,36,38,42,44,48,50,54,56,60,62,66,68,72,74,87H,3-4,9-10,15-16,21-22,27-28,33-35,37,39-41,43,45-47,49,51-53,55,57-59,61,63-65,67,69-71,73,75-86,90H2,1-2H3,(H,93,94)/b7-5-,8-6-,13-11-,14-12-,19-17-,20-18-,25-23-,26-24-,31-29-,32-30-,38-36-,44-42-,50-48-,56-54-,62-60-,68-66-,74-72-. The molecular formula is C89H144NO8P. The predicted octanol–water partition coefficient (Wildman–Crippen LogP) is 27.0. The van der Waals surface area contributed by atoms with Gasteiger partial charge in [-0.05, 0) is 148 Å². The SMILES string of the molecule is CC/C=C\C/C=C\C/C=C\C/C=C\C/C=C\C/C=C\C/C=C\C/C=C\C/C=C\C/C=C\C/C=C\C/C=C\CCCCC(=O)OC(COC(=O)CCCCCCCCCCCCCCCCCCCCCCCCC/C=C\C/C=C\C/C=C\C/C=C\C/C=C\CC)COP(=O)(O)OCCN. The van der Waals surface area contributed by atoms with E-state index in [1.165, 1.54) is 135 Å². The Kier molecular flexibility index (Phi) is 77.1. The summed E-state index contributed by atoms with van der Waals surface area (Å²) >= 11 is 0. The number of phosphoric ester groups is 1. The lowest BCUT2D eigenvalue weighted by Gasteiger charge is -2.19. The third-order valence-corrected chi connectivity index (χ3v) is 17.1. The highest BCUT2D eigenvalue weighted by atomic mass is 31.2. The van der Waals surface area contributed by atoms with Crippen molar-refractivity contribution in [2.45, 2.75) is 315 Å². The number of allylic oxidation sites excluding steroid dienone is 34. The van der Waals surface area contributed by atoms with E-state index in [2.05, 4.69) is 220 Å². The predicted molar refractivity (Wildman–Crippen MR) is 431 cm³/mol. The molecule has 0 aliphatic heterocycles. The van der Waals surface area contributed by atoms with Crippen molar-refractivity contribution in [3.63, 3.8) is 0 Å². The number of ether oxygens (including phenoxy) is 2. The van der Waals surface area contributed by atoms with Crippen LogP contribution in [0.4, 0.5) is 0 Å². The molecule has 0 spiro atoms. The van der Waals surface area contributed by atoms with Gasteiger partial charge < -0.3 is 20.1 Å². The molecule has 0 aliphatic rings. The van der Waals surface area contributed by atoms with E-state index >= 15 is 0 Å². The first-order valence-electron chi connectivity index (χ1n) is 39.6. The van der Waals surface area contributed by atoms with Gasteiger partial charge in [-0.15, -0.1) is 0 Å². The van der Waals surface area contributed by atoms with E-state index < -0.39 is 32.5 Å². The van der Waals surface area contributed by atoms with Crippen LogP contribution in [0.2, 0.25) is 0 Å². The van der Waals surface area contributed by atoms with Crippen LogP contribution in [-0.4, -0.2) is 49.3 Å². The number of hydrogen-bond donors (Lipinski definition) is 2. The van der Waals surface area contributed by atoms with Crippen molar-refractivity contribution < 1.29 is 37.6 Å². The molecule has 0 heterocycles. The van der Waals surface area contributed by atoms with E-state index in [-0.39, 0.29) is 32.6 Å². The summed E-state index contributed by atoms with van der Waals surface area (Å²) in [5.41, 5.74) is 5.41. The number of rotatable bonds is 72. The van der Waals surface area contributed by atoms with E-state index in [9.17, 15) is 19.0 Å². The van der Waals surface area contributed by atoms with Gasteiger partial charge in [0.15, 0.2) is 6.10 Å². The molecule has 2 atom stereocenters. The van der Waals surface area contributed by atoms with Crippen LogP contribution in [0.1, 0.15) is 309 Å². The lowest BCUT2D eigenvalue weighted by molar-refractivity contribution is -0.161. The molecule has 0 aliphatic carbocycles. The fourth-order valence-electron chi connectivity index (χ4n) is 10.4. The molecule has 0 amide bonds. The minimum Gasteiger partial charge on any atom is -0.462 e. The Morgan fingerprint density at radius 1 is 0.303 bits per heavy atom. The number of nitrogens with two attached hydrogens (primary N) is 1. The fourth-order valence-corrected chi connectivity index (χ4v) is 11.2. The van der Waals surface area contributed by atoms with Gasteiger partial charge in [-0.3, -0.25) is 18.6 Å². The number of esters is 2. The zero-order valence-electron chi connectivity index (χ0n) is 62.9. The lowest BCUT2D eigenvalue weighted by Crippen LogP contribution is -2.29. The van der Waals surface area contributed by atoms with E-state index in [0.29, 0.717) is 6.42 Å². The summed E-state index contributed by atoms with van der Waals surface area (Å²) in [6.07, 6.45) is 125. The number of unbranched alkanes of at least 4 members (excludes halogenated alkanes) is 25. The van der Waals surface area contributed by atoms with Crippen LogP contribution in [0.25, 0.3) is 0 Å². The average Bonchev–Trinajstić information content (AvgIpc) is 1.35. The van der Waals surface area contributed by atoms with Crippen LogP contribution in [-0.2, 0) is 32.7 Å². The number of hydrogen-bond acceptors (Lipinski definition) is 8. The lowest BCUT2D eigenvalue weighted by atomic mass is 10.0. The third-order valence-electron chi connectivity index (χ3n) is 16.2. The Bertz CT molecular complexity index is 2390. The van der Waals surface area contributed by atoms with Gasteiger partial charge >= 0.3 is 19.8 Å². The molecule has 0 saturated carbocycles. The summed E-state index contributed by atoms with van der Waals surface area (Å²) in [6, 6.07) is 0. The molecule has 99 heavy (non-hydrogen) atoms. The van der Waals surface area contributed by atoms with E-state index in [0.717, 1.165) is 141 Å². The first-order chi connectivity index (χ1) is 48.8. The van der Waals surface area contributed by atoms with Gasteiger partial charge in [-0.2, -0.15) is 0 Å². The van der Waals surface area contributed by atoms with E-state index in [4.69, 9.17) is 24.3 Å². The quantitative estimate of drug-likeness (QED) is 0.0264. The molecule has 0 saturated heterocycles. The number of carbonyl (C=O) groups is 2. The van der Waals surface area contributed by atoms with Crippen LogP contribution in [0, 0.1) is 0 Å².